The van der Waals surface area contributed by atoms with Crippen molar-refractivity contribution in [1.29, 1.82) is 0 Å². The predicted molar refractivity (Wildman–Crippen MR) is 132 cm³/mol. The fourth-order valence-electron chi connectivity index (χ4n) is 4.53. The summed E-state index contributed by atoms with van der Waals surface area (Å²) in [6.45, 7) is 6.91. The molecule has 5 nitrogen and oxygen atoms in total. The second-order valence-electron chi connectivity index (χ2n) is 10.1. The van der Waals surface area contributed by atoms with E-state index >= 15 is 0 Å². The minimum Gasteiger partial charge on any atom is -0.490 e. The van der Waals surface area contributed by atoms with Crippen LogP contribution in [0.4, 0.5) is 0 Å². The van der Waals surface area contributed by atoms with Crippen LogP contribution in [0.25, 0.3) is 0 Å². The lowest BCUT2D eigenvalue weighted by atomic mass is 9.83. The van der Waals surface area contributed by atoms with Crippen LogP contribution in [0.3, 0.4) is 0 Å². The summed E-state index contributed by atoms with van der Waals surface area (Å²) in [4.78, 5) is 10.8. The first-order valence-electron chi connectivity index (χ1n) is 12.4. The van der Waals surface area contributed by atoms with Crippen molar-refractivity contribution in [3.8, 4) is 5.75 Å². The summed E-state index contributed by atoms with van der Waals surface area (Å²) in [5, 5.41) is 27.7. The number of aliphatic carboxylic acids is 1. The van der Waals surface area contributed by atoms with Gasteiger partial charge in [-0.2, -0.15) is 0 Å². The molecule has 0 aliphatic heterocycles. The van der Waals surface area contributed by atoms with Gasteiger partial charge in [-0.05, 0) is 62.0 Å². The third-order valence-corrected chi connectivity index (χ3v) is 6.68. The number of carbonyl (C=O) groups is 1. The number of ether oxygens (including phenoxy) is 1. The summed E-state index contributed by atoms with van der Waals surface area (Å²) in [6.07, 6.45) is 16.4. The quantitative estimate of drug-likeness (QED) is 0.231. The van der Waals surface area contributed by atoms with E-state index < -0.39 is 11.8 Å². The fraction of sp³-hybridized carbons (Fsp3) is 0.607. The summed E-state index contributed by atoms with van der Waals surface area (Å²) in [6, 6.07) is 9.91. The lowest BCUT2D eigenvalue weighted by molar-refractivity contribution is -0.205. The van der Waals surface area contributed by atoms with Gasteiger partial charge in [0, 0.05) is 12.3 Å². The molecule has 5 heteroatoms. The summed E-state index contributed by atoms with van der Waals surface area (Å²) in [7, 11) is 0. The molecule has 0 aromatic heterocycles. The smallest absolute Gasteiger partial charge is 0.364 e. The van der Waals surface area contributed by atoms with Gasteiger partial charge in [-0.25, -0.2) is 4.79 Å². The van der Waals surface area contributed by atoms with E-state index in [1.165, 1.54) is 19.3 Å². The van der Waals surface area contributed by atoms with Gasteiger partial charge in [0.15, 0.2) is 0 Å². The molecule has 0 bridgehead atoms. The molecule has 0 unspecified atom stereocenters. The Morgan fingerprint density at radius 2 is 1.82 bits per heavy atom. The Labute approximate surface area is 199 Å². The Hall–Kier alpha value is -2.11. The van der Waals surface area contributed by atoms with Gasteiger partial charge in [0.1, 0.15) is 11.9 Å². The van der Waals surface area contributed by atoms with E-state index in [2.05, 4.69) is 32.9 Å². The number of para-hydroxylation sites is 1. The van der Waals surface area contributed by atoms with Gasteiger partial charge >= 0.3 is 5.97 Å². The summed E-state index contributed by atoms with van der Waals surface area (Å²) >= 11 is 0. The average molecular weight is 459 g/mol. The van der Waals surface area contributed by atoms with Gasteiger partial charge in [0.05, 0.1) is 0 Å². The number of rotatable bonds is 14. The zero-order valence-electron chi connectivity index (χ0n) is 20.5. The topological polar surface area (TPSA) is 87.0 Å². The maximum Gasteiger partial charge on any atom is 0.364 e. The third kappa shape index (κ3) is 9.34. The lowest BCUT2D eigenvalue weighted by Crippen LogP contribution is -2.37. The van der Waals surface area contributed by atoms with Crippen molar-refractivity contribution in [3.05, 3.63) is 54.6 Å². The second kappa shape index (κ2) is 13.0. The Bertz CT molecular complexity index is 766. The third-order valence-electron chi connectivity index (χ3n) is 6.68. The molecule has 1 saturated carbocycles. The normalized spacial score (nSPS) is 21.8. The van der Waals surface area contributed by atoms with Crippen LogP contribution in [-0.4, -0.2) is 33.2 Å². The molecule has 0 saturated heterocycles. The van der Waals surface area contributed by atoms with Crippen LogP contribution >= 0.6 is 0 Å². The summed E-state index contributed by atoms with van der Waals surface area (Å²) in [5.74, 6) is -2.65. The number of hydrogen-bond acceptors (Lipinski definition) is 4. The molecule has 1 aliphatic rings. The van der Waals surface area contributed by atoms with E-state index in [0.717, 1.165) is 31.4 Å². The Morgan fingerprint density at radius 1 is 1.09 bits per heavy atom. The van der Waals surface area contributed by atoms with Crippen molar-refractivity contribution in [1.82, 2.24) is 0 Å². The molecule has 3 atom stereocenters. The number of aliphatic hydroxyl groups is 2. The van der Waals surface area contributed by atoms with Crippen LogP contribution in [0.2, 0.25) is 0 Å². The van der Waals surface area contributed by atoms with Crippen molar-refractivity contribution < 1.29 is 24.9 Å². The molecule has 184 valence electrons. The highest BCUT2D eigenvalue weighted by molar-refractivity contribution is 5.74. The number of unbranched alkanes of at least 4 members (excludes halogenated alkanes) is 1. The average Bonchev–Trinajstić information content (AvgIpc) is 3.13. The minimum absolute atomic E-state index is 0.119. The number of carboxylic acid groups (broad SMARTS) is 1. The molecule has 1 fully saturated rings. The van der Waals surface area contributed by atoms with E-state index in [1.807, 2.05) is 42.5 Å². The van der Waals surface area contributed by atoms with Crippen LogP contribution < -0.4 is 4.74 Å². The minimum atomic E-state index is -2.67. The highest BCUT2D eigenvalue weighted by Crippen LogP contribution is 2.39. The molecule has 0 radical (unpaired) electrons. The Morgan fingerprint density at radius 3 is 2.48 bits per heavy atom. The predicted octanol–water partition coefficient (Wildman–Crippen LogP) is 6.11. The van der Waals surface area contributed by atoms with Gasteiger partial charge in [-0.1, -0.05) is 76.1 Å². The highest BCUT2D eigenvalue weighted by Gasteiger charge is 2.36. The largest absolute Gasteiger partial charge is 0.490 e. The van der Waals surface area contributed by atoms with Gasteiger partial charge in [0.25, 0.3) is 5.79 Å². The molecule has 0 amide bonds. The number of benzene rings is 1. The van der Waals surface area contributed by atoms with Gasteiger partial charge < -0.3 is 20.1 Å². The second-order valence-corrected chi connectivity index (χ2v) is 10.1. The molecule has 1 aromatic carbocycles. The van der Waals surface area contributed by atoms with E-state index in [4.69, 9.17) is 9.84 Å². The molecule has 0 spiro atoms. The van der Waals surface area contributed by atoms with Crippen LogP contribution in [0.5, 0.6) is 5.75 Å². The zero-order chi connectivity index (χ0) is 24.3. The molecule has 33 heavy (non-hydrogen) atoms. The standard InChI is InChI=1S/C28H42O5/c1-4-5-19-27(2,3)20-12-13-22-17-18-25(33-23-14-8-6-9-15-23)24(22)16-10-7-11-21-28(31,32)26(29)30/h6-10,12-15,22,24-25,31-32H,4-5,11,16-21H2,1-3H3,(H,29,30)/t22-,24+,25+/m0/s1. The Kier molecular flexibility index (Phi) is 10.6. The van der Waals surface area contributed by atoms with Crippen molar-refractivity contribution in [2.45, 2.75) is 90.4 Å². The molecule has 3 N–H and O–H groups in total. The fourth-order valence-corrected chi connectivity index (χ4v) is 4.53. The first-order valence-corrected chi connectivity index (χ1v) is 12.4. The van der Waals surface area contributed by atoms with Gasteiger partial charge in [-0.3, -0.25) is 0 Å². The first-order chi connectivity index (χ1) is 15.6. The van der Waals surface area contributed by atoms with Gasteiger partial charge in [-0.15, -0.1) is 0 Å². The molecule has 0 heterocycles. The maximum atomic E-state index is 10.8. The van der Waals surface area contributed by atoms with E-state index in [0.29, 0.717) is 23.7 Å². The first kappa shape index (κ1) is 27.1. The maximum absolute atomic E-state index is 10.8. The number of allylic oxidation sites excluding steroid dienone is 4. The summed E-state index contributed by atoms with van der Waals surface area (Å²) < 4.78 is 6.34. The highest BCUT2D eigenvalue weighted by atomic mass is 16.5. The van der Waals surface area contributed by atoms with Gasteiger partial charge in [0.2, 0.25) is 0 Å². The van der Waals surface area contributed by atoms with Crippen molar-refractivity contribution in [2.24, 2.45) is 17.3 Å². The van der Waals surface area contributed by atoms with Crippen LogP contribution in [0, 0.1) is 17.3 Å². The van der Waals surface area contributed by atoms with E-state index in [9.17, 15) is 15.0 Å². The molecular weight excluding hydrogens is 416 g/mol. The SMILES string of the molecule is CCCCC(C)(C)CC=C[C@H]1CC[C@@H](Oc2ccccc2)[C@@H]1CC=CCCC(O)(O)C(=O)O. The molecular formula is C28H42O5. The van der Waals surface area contributed by atoms with Crippen molar-refractivity contribution in [3.63, 3.8) is 0 Å². The van der Waals surface area contributed by atoms with Crippen LogP contribution in [0.15, 0.2) is 54.6 Å². The zero-order valence-corrected chi connectivity index (χ0v) is 20.5. The monoisotopic (exact) mass is 458 g/mol. The van der Waals surface area contributed by atoms with Crippen molar-refractivity contribution in [2.75, 3.05) is 0 Å². The molecule has 1 aliphatic carbocycles. The van der Waals surface area contributed by atoms with E-state index in [-0.39, 0.29) is 12.5 Å². The van der Waals surface area contributed by atoms with Crippen molar-refractivity contribution >= 4 is 5.97 Å². The van der Waals surface area contributed by atoms with Crippen LogP contribution in [-0.2, 0) is 4.79 Å². The lowest BCUT2D eigenvalue weighted by Gasteiger charge is -2.25. The van der Waals surface area contributed by atoms with Crippen LogP contribution in [0.1, 0.15) is 78.6 Å². The molecule has 1 aromatic rings. The Balaban J connectivity index is 2.00. The number of hydrogen-bond donors (Lipinski definition) is 3. The molecule has 2 rings (SSSR count). The number of carboxylic acids is 1. The van der Waals surface area contributed by atoms with E-state index in [1.54, 1.807) is 0 Å². The summed E-state index contributed by atoms with van der Waals surface area (Å²) in [5.41, 5.74) is 0.311.